The zero-order chi connectivity index (χ0) is 60.4. The minimum absolute atomic E-state index is 0.117. The first kappa shape index (κ1) is 67.1. The third kappa shape index (κ3) is 7.53. The number of hydrogen-bond acceptors (Lipinski definition) is 0. The Bertz CT molecular complexity index is 2670. The fourth-order valence-corrected chi connectivity index (χ4v) is 13.4. The maximum Gasteiger partial charge on any atom is 0.115 e. The van der Waals surface area contributed by atoms with E-state index in [1.54, 1.807) is 0 Å². The van der Waals surface area contributed by atoms with Crippen LogP contribution in [-0.4, -0.2) is 322 Å². The molecule has 0 saturated heterocycles. The van der Waals surface area contributed by atoms with E-state index in [9.17, 15) is 0 Å². The summed E-state index contributed by atoms with van der Waals surface area (Å²) in [4.78, 5) is 0. The van der Waals surface area contributed by atoms with Crippen LogP contribution in [0.1, 0.15) is 27.8 Å². The van der Waals surface area contributed by atoms with Crippen LogP contribution in [0.15, 0.2) is 0 Å². The molecule has 2 aliphatic rings. The Balaban J connectivity index is 2.31. The lowest BCUT2D eigenvalue weighted by molar-refractivity contribution is 0.215. The van der Waals surface area contributed by atoms with Crippen LogP contribution >= 0.6 is 0 Å². The Hall–Kier alpha value is 0.322. The van der Waals surface area contributed by atoms with Crippen LogP contribution in [0.4, 0.5) is 0 Å². The van der Waals surface area contributed by atoms with Crippen molar-refractivity contribution in [2.24, 2.45) is 0 Å². The van der Waals surface area contributed by atoms with Gasteiger partial charge in [0, 0.05) is 0 Å². The van der Waals surface area contributed by atoms with Crippen LogP contribution in [0.3, 0.4) is 0 Å². The van der Waals surface area contributed by atoms with Crippen molar-refractivity contribution < 1.29 is 0 Å². The summed E-state index contributed by atoms with van der Waals surface area (Å²) in [6.07, 6.45) is 0. The summed E-state index contributed by atoms with van der Waals surface area (Å²) in [5, 5.41) is -37.4. The first-order valence-electron chi connectivity index (χ1n) is 21.8. The number of rotatable bonds is 10. The normalized spacial score (nSPS) is 20.5. The van der Waals surface area contributed by atoms with Gasteiger partial charge in [0.25, 0.3) is 0 Å². The lowest BCUT2D eigenvalue weighted by atomic mass is 8.98. The topological polar surface area (TPSA) is 0 Å². The molecule has 76 heavy (non-hydrogen) atoms. The monoisotopic (exact) mass is 874 g/mol. The van der Waals surface area contributed by atoms with Crippen molar-refractivity contribution in [3.8, 4) is 22.3 Å². The van der Waals surface area contributed by atoms with Crippen molar-refractivity contribution in [1.82, 2.24) is 0 Å². The van der Waals surface area contributed by atoms with Gasteiger partial charge in [-0.15, -0.1) is 61.8 Å². The van der Waals surface area contributed by atoms with Crippen molar-refractivity contribution in [1.29, 1.82) is 0 Å². The lowest BCUT2D eigenvalue weighted by Crippen LogP contribution is -2.77. The van der Waals surface area contributed by atoms with Crippen molar-refractivity contribution in [3.05, 3.63) is 27.8 Å². The van der Waals surface area contributed by atoms with Gasteiger partial charge >= 0.3 is 0 Å². The van der Waals surface area contributed by atoms with Gasteiger partial charge in [-0.3, -0.25) is 0 Å². The standard InChI is InChI=1S/C35H3B41/c1-2-11(36)3(5-14(39)7-9(18(43)16(5)41)22(32(65,66)67,33(68,69)70)26(49,50)24(45,46)20(7,28(53,54)55)29(56,57)58)13(38)4(12(2)37)6-15(40)8-10(19(44)17(6)42)23(34(71,72)73,35(74,75)76)27(51,52)25(47,48)21(8,30(59,60)61)31(62,63)64/h1H3. The van der Waals surface area contributed by atoms with Gasteiger partial charge in [-0.25, -0.2) is 0 Å². The van der Waals surface area contributed by atoms with Gasteiger partial charge in [0.2, 0.25) is 0 Å². The SMILES string of the molecule is [B]c1c([B])c2c(c([B])c1-c1c([B])c(C)c([B])c(-c3c([B])c([B])c4c(c3[B])C(C([B])([B])[B])(C([B])([B])[B])C([B])([B])C([B])([B])C4(C([B])([B])[B])C([B])([B])[B])c1[B])C(C([B])([B])[B])(C([B])([B])[B])C([B])([B])C([B])([B])C2(C([B])([B])[B])C([B])([B])[B]. The van der Waals surface area contributed by atoms with Crippen LogP contribution in [0.25, 0.3) is 22.3 Å². The summed E-state index contributed by atoms with van der Waals surface area (Å²) in [5.41, 5.74) is -24.2. The van der Waals surface area contributed by atoms with Gasteiger partial charge in [0.05, 0.1) is 251 Å². The average Bonchev–Trinajstić information content (AvgIpc) is 3.14. The second-order valence-electron chi connectivity index (χ2n) is 21.3. The molecular weight excluding hydrogens is 864 g/mol. The minimum atomic E-state index is -3.28. The van der Waals surface area contributed by atoms with Crippen molar-refractivity contribution >= 4 is 371 Å². The molecule has 3 aromatic rings. The Morgan fingerprint density at radius 3 is 0.513 bits per heavy atom. The molecule has 41 heteroatoms. The molecule has 0 nitrogen and oxygen atoms in total. The van der Waals surface area contributed by atoms with E-state index in [0.29, 0.717) is 0 Å². The fourth-order valence-electron chi connectivity index (χ4n) is 13.4. The van der Waals surface area contributed by atoms with E-state index in [4.69, 9.17) is 322 Å². The van der Waals surface area contributed by atoms with Crippen LogP contribution in [0, 0.1) is 6.92 Å². The van der Waals surface area contributed by atoms with E-state index in [-0.39, 0.29) is 16.5 Å². The summed E-state index contributed by atoms with van der Waals surface area (Å²) < 4.78 is 0. The van der Waals surface area contributed by atoms with E-state index >= 15 is 0 Å². The summed E-state index contributed by atoms with van der Waals surface area (Å²) >= 11 is 0. The minimum Gasteiger partial charge on any atom is -0.123 e. The van der Waals surface area contributed by atoms with Crippen LogP contribution in [0.5, 0.6) is 0 Å². The second-order valence-corrected chi connectivity index (χ2v) is 21.3. The molecule has 82 radical (unpaired) electrons. The number of fused-ring (bicyclic) bond motifs is 2. The zero-order valence-electron chi connectivity index (χ0n) is 41.7. The molecule has 3 aromatic carbocycles. The highest BCUT2D eigenvalue weighted by molar-refractivity contribution is 6.76. The molecule has 0 atom stereocenters. The van der Waals surface area contributed by atoms with E-state index in [1.807, 2.05) is 0 Å². The molecule has 0 spiro atoms. The van der Waals surface area contributed by atoms with E-state index in [2.05, 4.69) is 0 Å². The van der Waals surface area contributed by atoms with Gasteiger partial charge < -0.3 is 0 Å². The Labute approximate surface area is 507 Å². The fraction of sp³-hybridized carbons (Fsp3) is 0.486. The Kier molecular flexibility index (Phi) is 16.3. The van der Waals surface area contributed by atoms with Gasteiger partial charge in [-0.2, -0.15) is 0 Å². The summed E-state index contributed by atoms with van der Waals surface area (Å²) in [6, 6.07) is 0. The summed E-state index contributed by atoms with van der Waals surface area (Å²) in [6.45, 7) is 1.34. The third-order valence-corrected chi connectivity index (χ3v) is 16.2. The molecule has 0 aromatic heterocycles. The lowest BCUT2D eigenvalue weighted by Gasteiger charge is -2.83. The number of hydrogen-bond donors (Lipinski definition) is 0. The highest BCUT2D eigenvalue weighted by Gasteiger charge is 2.75. The van der Waals surface area contributed by atoms with Crippen molar-refractivity contribution in [2.45, 2.75) is 90.3 Å². The smallest absolute Gasteiger partial charge is 0.115 e. The zero-order valence-corrected chi connectivity index (χ0v) is 41.7. The Morgan fingerprint density at radius 2 is 0.355 bits per heavy atom. The average molecular weight is 867 g/mol. The maximum atomic E-state index is 7.26. The first-order chi connectivity index (χ1) is 33.1. The van der Waals surface area contributed by atoms with Crippen LogP contribution in [0.2, 0.25) is 61.8 Å². The highest BCUT2D eigenvalue weighted by Crippen LogP contribution is 2.84. The molecule has 0 fully saturated rings. The second kappa shape index (κ2) is 18.4. The van der Waals surface area contributed by atoms with Gasteiger partial charge in [-0.1, -0.05) is 65.9 Å². The molecule has 0 aliphatic heterocycles. The molecular formula is C35H3B41. The largest absolute Gasteiger partial charge is 0.123 e. The van der Waals surface area contributed by atoms with Gasteiger partial charge in [0.15, 0.2) is 0 Å². The number of benzene rings is 3. The predicted molar refractivity (Wildman–Crippen MR) is 354 cm³/mol. The summed E-state index contributed by atoms with van der Waals surface area (Å²) in [7, 11) is 276. The quantitative estimate of drug-likeness (QED) is 0.178. The first-order valence-corrected chi connectivity index (χ1v) is 21.8. The molecule has 0 unspecified atom stereocenters. The van der Waals surface area contributed by atoms with Crippen molar-refractivity contribution in [3.63, 3.8) is 0 Å². The maximum absolute atomic E-state index is 7.26. The molecule has 0 bridgehead atoms. The highest BCUT2D eigenvalue weighted by atomic mass is 14.7. The van der Waals surface area contributed by atoms with Crippen molar-refractivity contribution in [2.75, 3.05) is 0 Å². The molecule has 0 heterocycles. The molecule has 2 aliphatic carbocycles. The van der Waals surface area contributed by atoms with Crippen LogP contribution in [-0.2, 0) is 21.7 Å². The van der Waals surface area contributed by atoms with E-state index < -0.39 is 166 Å². The van der Waals surface area contributed by atoms with Crippen LogP contribution < -0.4 is 49.2 Å². The Morgan fingerprint density at radius 1 is 0.211 bits per heavy atom. The molecule has 5 rings (SSSR count). The van der Waals surface area contributed by atoms with E-state index in [0.717, 1.165) is 0 Å². The predicted octanol–water partition coefficient (Wildman–Crippen LogP) is -16.1. The molecule has 0 saturated carbocycles. The third-order valence-electron chi connectivity index (χ3n) is 16.2. The molecule has 0 N–H and O–H groups in total. The summed E-state index contributed by atoms with van der Waals surface area (Å²) in [5.74, 6) is 0. The molecule has 0 amide bonds. The van der Waals surface area contributed by atoms with Gasteiger partial charge in [0.1, 0.15) is 70.6 Å². The van der Waals surface area contributed by atoms with E-state index in [1.165, 1.54) is 6.92 Å². The van der Waals surface area contributed by atoms with Gasteiger partial charge in [-0.05, 0) is 62.0 Å². The molecule has 266 valence electrons.